The van der Waals surface area contributed by atoms with Crippen LogP contribution in [0.4, 0.5) is 22.1 Å². The third-order valence-corrected chi connectivity index (χ3v) is 5.54. The molecule has 2 saturated heterocycles. The number of nitrogens with zero attached hydrogens (tertiary/aromatic N) is 7. The molecule has 0 N–H and O–H groups in total. The molecule has 0 amide bonds. The Kier molecular flexibility index (Phi) is 5.57. The van der Waals surface area contributed by atoms with Gasteiger partial charge in [-0.25, -0.2) is 9.37 Å². The van der Waals surface area contributed by atoms with Crippen LogP contribution in [0.25, 0.3) is 11.4 Å². The van der Waals surface area contributed by atoms with Crippen LogP contribution in [0.1, 0.15) is 0 Å². The first-order valence-electron chi connectivity index (χ1n) is 10.5. The largest absolute Gasteiger partial charge is 0.378 e. The number of ether oxygens (including phenoxy) is 1. The van der Waals surface area contributed by atoms with Crippen molar-refractivity contribution in [1.29, 1.82) is 0 Å². The highest BCUT2D eigenvalue weighted by Crippen LogP contribution is 2.24. The third-order valence-electron chi connectivity index (χ3n) is 5.54. The van der Waals surface area contributed by atoms with E-state index >= 15 is 0 Å². The zero-order valence-electron chi connectivity index (χ0n) is 17.2. The minimum atomic E-state index is -0.280. The lowest BCUT2D eigenvalue weighted by Gasteiger charge is -2.36. The molecule has 3 aromatic rings. The average molecular weight is 421 g/mol. The van der Waals surface area contributed by atoms with Gasteiger partial charge in [-0.3, -0.25) is 0 Å². The van der Waals surface area contributed by atoms with E-state index in [4.69, 9.17) is 19.7 Å². The van der Waals surface area contributed by atoms with E-state index in [2.05, 4.69) is 19.7 Å². The van der Waals surface area contributed by atoms with Crippen LogP contribution in [-0.4, -0.2) is 72.4 Å². The van der Waals surface area contributed by atoms with E-state index in [0.29, 0.717) is 30.9 Å². The molecule has 160 valence electrons. The number of anilines is 3. The smallest absolute Gasteiger partial charge is 0.230 e. The summed E-state index contributed by atoms with van der Waals surface area (Å²) in [5.41, 5.74) is 0.770. The average Bonchev–Trinajstić information content (AvgIpc) is 2.85. The lowest BCUT2D eigenvalue weighted by Crippen LogP contribution is -2.47. The minimum absolute atomic E-state index is 0.280. The van der Waals surface area contributed by atoms with Crippen LogP contribution in [0.15, 0.2) is 48.7 Å². The maximum atomic E-state index is 13.4. The zero-order valence-corrected chi connectivity index (χ0v) is 17.2. The molecule has 0 bridgehead atoms. The first-order valence-corrected chi connectivity index (χ1v) is 10.5. The summed E-state index contributed by atoms with van der Waals surface area (Å²) in [6, 6.07) is 12.2. The van der Waals surface area contributed by atoms with Crippen molar-refractivity contribution in [3.63, 3.8) is 0 Å². The van der Waals surface area contributed by atoms with Crippen LogP contribution < -0.4 is 14.7 Å². The highest BCUT2D eigenvalue weighted by atomic mass is 19.1. The summed E-state index contributed by atoms with van der Waals surface area (Å²) in [7, 11) is 0. The fourth-order valence-electron chi connectivity index (χ4n) is 3.80. The molecule has 2 fully saturated rings. The summed E-state index contributed by atoms with van der Waals surface area (Å²) in [5.74, 6) is 2.55. The fraction of sp³-hybridized carbons (Fsp3) is 0.364. The van der Waals surface area contributed by atoms with Gasteiger partial charge in [0.05, 0.1) is 13.2 Å². The van der Waals surface area contributed by atoms with Crippen molar-refractivity contribution in [3.05, 3.63) is 54.5 Å². The Morgan fingerprint density at radius 1 is 0.710 bits per heavy atom. The van der Waals surface area contributed by atoms with E-state index in [9.17, 15) is 4.39 Å². The first-order chi connectivity index (χ1) is 15.3. The summed E-state index contributed by atoms with van der Waals surface area (Å²) in [5, 5.41) is 0. The van der Waals surface area contributed by atoms with Gasteiger partial charge in [-0.2, -0.15) is 15.0 Å². The van der Waals surface area contributed by atoms with Crippen molar-refractivity contribution < 1.29 is 9.13 Å². The van der Waals surface area contributed by atoms with E-state index in [1.807, 2.05) is 24.4 Å². The maximum absolute atomic E-state index is 13.4. The normalized spacial score (nSPS) is 17.1. The summed E-state index contributed by atoms with van der Waals surface area (Å²) in [4.78, 5) is 25.2. The lowest BCUT2D eigenvalue weighted by atomic mass is 10.2. The Morgan fingerprint density at radius 2 is 1.35 bits per heavy atom. The van der Waals surface area contributed by atoms with Gasteiger partial charge in [0.15, 0.2) is 5.82 Å². The molecule has 9 heteroatoms. The Bertz CT molecular complexity index is 1000. The molecule has 2 aliphatic rings. The number of aromatic nitrogens is 4. The lowest BCUT2D eigenvalue weighted by molar-refractivity contribution is 0.122. The van der Waals surface area contributed by atoms with Crippen molar-refractivity contribution in [1.82, 2.24) is 19.9 Å². The van der Waals surface area contributed by atoms with Crippen molar-refractivity contribution in [2.75, 3.05) is 67.2 Å². The Labute approximate surface area is 180 Å². The van der Waals surface area contributed by atoms with E-state index in [1.165, 1.54) is 12.1 Å². The standard InChI is InChI=1S/C22H24FN7O/c23-18-6-4-17(5-7-18)20-25-21(27-22(26-20)30-13-15-31-16-14-30)29-11-9-28(10-12-29)19-3-1-2-8-24-19/h1-8H,9-16H2. The molecule has 0 radical (unpaired) electrons. The van der Waals surface area contributed by atoms with Gasteiger partial charge >= 0.3 is 0 Å². The van der Waals surface area contributed by atoms with Gasteiger partial charge < -0.3 is 19.4 Å². The Morgan fingerprint density at radius 3 is 2.00 bits per heavy atom. The number of pyridine rings is 1. The predicted molar refractivity (Wildman–Crippen MR) is 117 cm³/mol. The van der Waals surface area contributed by atoms with E-state index < -0.39 is 0 Å². The second-order valence-electron chi connectivity index (χ2n) is 7.53. The summed E-state index contributed by atoms with van der Waals surface area (Å²) in [6.45, 7) is 6.01. The molecule has 2 aromatic heterocycles. The maximum Gasteiger partial charge on any atom is 0.230 e. The second-order valence-corrected chi connectivity index (χ2v) is 7.53. The van der Waals surface area contributed by atoms with E-state index in [0.717, 1.165) is 50.6 Å². The number of hydrogen-bond donors (Lipinski definition) is 0. The zero-order chi connectivity index (χ0) is 21.0. The third kappa shape index (κ3) is 4.41. The van der Waals surface area contributed by atoms with E-state index in [-0.39, 0.29) is 5.82 Å². The quantitative estimate of drug-likeness (QED) is 0.635. The van der Waals surface area contributed by atoms with Crippen molar-refractivity contribution in [2.45, 2.75) is 0 Å². The molecule has 4 heterocycles. The van der Waals surface area contributed by atoms with Crippen LogP contribution in [0.5, 0.6) is 0 Å². The van der Waals surface area contributed by atoms with Crippen LogP contribution in [0.3, 0.4) is 0 Å². The minimum Gasteiger partial charge on any atom is -0.378 e. The SMILES string of the molecule is Fc1ccc(-c2nc(N3CCOCC3)nc(N3CCN(c4ccccn4)CC3)n2)cc1. The van der Waals surface area contributed by atoms with Crippen molar-refractivity contribution in [3.8, 4) is 11.4 Å². The monoisotopic (exact) mass is 421 g/mol. The van der Waals surface area contributed by atoms with Crippen LogP contribution in [0, 0.1) is 5.82 Å². The number of halogens is 1. The van der Waals surface area contributed by atoms with E-state index in [1.54, 1.807) is 12.1 Å². The van der Waals surface area contributed by atoms with Gasteiger partial charge in [0.2, 0.25) is 11.9 Å². The number of piperazine rings is 1. The topological polar surface area (TPSA) is 70.5 Å². The predicted octanol–water partition coefficient (Wildman–Crippen LogP) is 2.24. The van der Waals surface area contributed by atoms with Gasteiger partial charge in [0.25, 0.3) is 0 Å². The highest BCUT2D eigenvalue weighted by molar-refractivity contribution is 5.59. The second kappa shape index (κ2) is 8.81. The molecule has 0 atom stereocenters. The molecule has 1 aromatic carbocycles. The highest BCUT2D eigenvalue weighted by Gasteiger charge is 2.23. The summed E-state index contributed by atoms with van der Waals surface area (Å²) >= 11 is 0. The number of benzene rings is 1. The number of rotatable bonds is 4. The van der Waals surface area contributed by atoms with Gasteiger partial charge in [-0.05, 0) is 36.4 Å². The van der Waals surface area contributed by atoms with Crippen molar-refractivity contribution >= 4 is 17.7 Å². The molecular weight excluding hydrogens is 397 g/mol. The molecule has 2 aliphatic heterocycles. The molecular formula is C22H24FN7O. The first kappa shape index (κ1) is 19.6. The number of morpholine rings is 1. The number of hydrogen-bond acceptors (Lipinski definition) is 8. The molecule has 31 heavy (non-hydrogen) atoms. The molecule has 0 spiro atoms. The van der Waals surface area contributed by atoms with Crippen molar-refractivity contribution in [2.24, 2.45) is 0 Å². The molecule has 0 unspecified atom stereocenters. The Balaban J connectivity index is 1.42. The molecule has 8 nitrogen and oxygen atoms in total. The van der Waals surface area contributed by atoms with Crippen LogP contribution in [-0.2, 0) is 4.74 Å². The molecule has 0 aliphatic carbocycles. The fourth-order valence-corrected chi connectivity index (χ4v) is 3.80. The molecule has 0 saturated carbocycles. The Hall–Kier alpha value is -3.33. The summed E-state index contributed by atoms with van der Waals surface area (Å²) < 4.78 is 18.9. The van der Waals surface area contributed by atoms with Crippen LogP contribution in [0.2, 0.25) is 0 Å². The van der Waals surface area contributed by atoms with Gasteiger partial charge in [-0.15, -0.1) is 0 Å². The van der Waals surface area contributed by atoms with Crippen LogP contribution >= 0.6 is 0 Å². The molecule has 5 rings (SSSR count). The van der Waals surface area contributed by atoms with Gasteiger partial charge in [-0.1, -0.05) is 6.07 Å². The van der Waals surface area contributed by atoms with Gasteiger partial charge in [0, 0.05) is 51.0 Å². The summed E-state index contributed by atoms with van der Waals surface area (Å²) in [6.07, 6.45) is 1.82. The van der Waals surface area contributed by atoms with Gasteiger partial charge in [0.1, 0.15) is 11.6 Å².